The number of rotatable bonds is 4. The van der Waals surface area contributed by atoms with E-state index >= 15 is 0 Å². The van der Waals surface area contributed by atoms with Gasteiger partial charge in [0.25, 0.3) is 0 Å². The van der Waals surface area contributed by atoms with Gasteiger partial charge in [-0.3, -0.25) is 9.97 Å². The lowest BCUT2D eigenvalue weighted by Gasteiger charge is -2.53. The molecule has 1 saturated carbocycles. The zero-order valence-electron chi connectivity index (χ0n) is 17.4. The smallest absolute Gasteiger partial charge is 0.265 e. The van der Waals surface area contributed by atoms with Crippen LogP contribution in [0.3, 0.4) is 0 Å². The number of nitrogens with one attached hydrogen (secondary N) is 2. The first-order chi connectivity index (χ1) is 15.8. The fraction of sp³-hybridized carbons (Fsp3) is 0.143. The predicted octanol–water partition coefficient (Wildman–Crippen LogP) is 2.17. The fourth-order valence-electron chi connectivity index (χ4n) is 5.16. The van der Waals surface area contributed by atoms with E-state index in [2.05, 4.69) is 70.6 Å². The highest BCUT2D eigenvalue weighted by atomic mass is 14.6. The minimum atomic E-state index is 0.269. The number of hydrogen-bond acceptors (Lipinski definition) is 2. The third-order valence-electron chi connectivity index (χ3n) is 6.61. The van der Waals surface area contributed by atoms with Crippen LogP contribution in [0.1, 0.15) is 57.1 Å². The molecule has 32 heavy (non-hydrogen) atoms. The van der Waals surface area contributed by atoms with Gasteiger partial charge in [-0.2, -0.15) is 0 Å². The van der Waals surface area contributed by atoms with Gasteiger partial charge in [-0.15, -0.1) is 0 Å². The summed E-state index contributed by atoms with van der Waals surface area (Å²) in [5.74, 6) is 1.11. The molecule has 1 aliphatic rings. The highest BCUT2D eigenvalue weighted by molar-refractivity contribution is 5.49. The number of benzene rings is 2. The molecule has 0 amide bonds. The third-order valence-corrected chi connectivity index (χ3v) is 6.61. The van der Waals surface area contributed by atoms with E-state index in [0.717, 1.165) is 11.1 Å². The van der Waals surface area contributed by atoms with E-state index in [0.29, 0.717) is 0 Å². The molecule has 0 radical (unpaired) electrons. The normalized spacial score (nSPS) is 21.7. The Balaban J connectivity index is 1.66. The maximum absolute atomic E-state index is 7.43. The quantitative estimate of drug-likeness (QED) is 0.537. The lowest BCUT2D eigenvalue weighted by atomic mass is 9.49. The van der Waals surface area contributed by atoms with Crippen molar-refractivity contribution in [1.82, 2.24) is 9.97 Å². The fourth-order valence-corrected chi connectivity index (χ4v) is 5.16. The van der Waals surface area contributed by atoms with Crippen molar-refractivity contribution in [2.75, 3.05) is 0 Å². The van der Waals surface area contributed by atoms with Gasteiger partial charge < -0.3 is 0 Å². The van der Waals surface area contributed by atoms with E-state index in [4.69, 9.17) is 10.5 Å². The molecule has 152 valence electrons. The standard InChI is InChI=1S/C28H20N4/c29-17-19-1-5-21(6-2-19)25-26(22-7-3-20(18-30)4-8-22)28(24-11-15-32-16-12-24)27(25)23-9-13-31-14-10-23/h1-16,25-28H/p+2/t25-,26-,27+,28+/m1/s1. The Labute approximate surface area is 187 Å². The zero-order valence-corrected chi connectivity index (χ0v) is 17.4. The molecule has 0 spiro atoms. The average Bonchev–Trinajstić information content (AvgIpc) is 2.86. The van der Waals surface area contributed by atoms with Crippen LogP contribution in [0.5, 0.6) is 0 Å². The number of aromatic nitrogens is 2. The maximum atomic E-state index is 7.43. The van der Waals surface area contributed by atoms with Gasteiger partial charge in [-0.1, -0.05) is 34.8 Å². The Bertz CT molecular complexity index is 1180. The molecule has 0 saturated heterocycles. The van der Waals surface area contributed by atoms with Crippen molar-refractivity contribution in [2.24, 2.45) is 0 Å². The summed E-state index contributed by atoms with van der Waals surface area (Å²) in [7, 11) is 0. The van der Waals surface area contributed by atoms with E-state index in [9.17, 15) is 0 Å². The van der Waals surface area contributed by atoms with Crippen LogP contribution < -0.4 is 10.5 Å². The summed E-state index contributed by atoms with van der Waals surface area (Å²) in [6, 6.07) is 29.8. The Morgan fingerprint density at radius 1 is 0.438 bits per heavy atom. The highest BCUT2D eigenvalue weighted by Crippen LogP contribution is 2.66. The molecule has 4 aromatic rings. The second kappa shape index (κ2) is 8.46. The second-order valence-corrected chi connectivity index (χ2v) is 8.16. The topological polar surface area (TPSA) is 73.4 Å². The van der Waals surface area contributed by atoms with E-state index < -0.39 is 0 Å². The summed E-state index contributed by atoms with van der Waals surface area (Å²) in [4.78, 5) is 8.47. The Morgan fingerprint density at radius 2 is 0.719 bits per heavy atom. The first-order valence-electron chi connectivity index (χ1n) is 10.7. The molecule has 0 bridgehead atoms. The predicted molar refractivity (Wildman–Crippen MR) is 120 cm³/mol. The van der Waals surface area contributed by atoms with Gasteiger partial charge >= 0.3 is 12.1 Å². The summed E-state index contributed by atoms with van der Waals surface area (Å²) < 4.78 is 0. The van der Waals surface area contributed by atoms with Crippen molar-refractivity contribution in [2.45, 2.75) is 23.7 Å². The first-order valence-corrected chi connectivity index (χ1v) is 10.7. The molecule has 2 heterocycles. The van der Waals surface area contributed by atoms with Crippen LogP contribution >= 0.6 is 0 Å². The summed E-state index contributed by atoms with van der Waals surface area (Å²) in [5, 5.41) is 14.9. The second-order valence-electron chi connectivity index (χ2n) is 8.16. The van der Waals surface area contributed by atoms with Gasteiger partial charge in [0, 0.05) is 24.8 Å². The number of nitrogens with zero attached hydrogens (tertiary/aromatic N) is 2. The van der Waals surface area contributed by atoms with Crippen LogP contribution in [0.4, 0.5) is 0 Å². The van der Waals surface area contributed by atoms with Crippen LogP contribution in [0, 0.1) is 12.1 Å². The SMILES string of the molecule is [NH+]#Cc1ccc([C@H]2[C@H](c3ccncc3)[C@@H](c3ccncc3)[C@@H]2c2ccc(C#[NH+])cc2)cc1. The van der Waals surface area contributed by atoms with Crippen LogP contribution in [0.15, 0.2) is 97.6 Å². The molecular weight excluding hydrogens is 392 g/mol. The first kappa shape index (κ1) is 19.7. The zero-order chi connectivity index (χ0) is 21.9. The number of pyridine rings is 2. The van der Waals surface area contributed by atoms with Gasteiger partial charge in [0.2, 0.25) is 0 Å². The van der Waals surface area contributed by atoms with Crippen LogP contribution in [0.2, 0.25) is 0 Å². The van der Waals surface area contributed by atoms with Gasteiger partial charge in [-0.05, 0) is 94.5 Å². The monoisotopic (exact) mass is 414 g/mol. The van der Waals surface area contributed by atoms with Gasteiger partial charge in [0.05, 0.1) is 0 Å². The molecule has 0 aliphatic heterocycles. The molecule has 5 rings (SSSR count). The van der Waals surface area contributed by atoms with E-state index in [1.807, 2.05) is 49.1 Å². The average molecular weight is 415 g/mol. The van der Waals surface area contributed by atoms with E-state index in [1.54, 1.807) is 0 Å². The molecule has 4 atom stereocenters. The molecular formula is C28H22N4+2. The molecule has 1 aliphatic carbocycles. The molecule has 4 nitrogen and oxygen atoms in total. The van der Waals surface area contributed by atoms with Crippen molar-refractivity contribution in [1.29, 1.82) is 0 Å². The van der Waals surface area contributed by atoms with E-state index in [-0.39, 0.29) is 23.7 Å². The van der Waals surface area contributed by atoms with Gasteiger partial charge in [0.15, 0.2) is 0 Å². The molecule has 2 N–H and O–H groups in total. The lowest BCUT2D eigenvalue weighted by molar-refractivity contribution is -0.0916. The minimum absolute atomic E-state index is 0.269. The van der Waals surface area contributed by atoms with Gasteiger partial charge in [0.1, 0.15) is 11.1 Å². The third kappa shape index (κ3) is 3.43. The van der Waals surface area contributed by atoms with Crippen molar-refractivity contribution in [3.05, 3.63) is 131 Å². The Hall–Kier alpha value is -4.28. The Kier molecular flexibility index (Phi) is 5.20. The van der Waals surface area contributed by atoms with Crippen LogP contribution in [-0.4, -0.2) is 9.97 Å². The molecule has 1 fully saturated rings. The molecule has 2 aromatic heterocycles. The van der Waals surface area contributed by atoms with Crippen molar-refractivity contribution < 1.29 is 10.5 Å². The summed E-state index contributed by atoms with van der Waals surface area (Å²) in [6.07, 6.45) is 7.46. The summed E-state index contributed by atoms with van der Waals surface area (Å²) in [5.41, 5.74) is 6.61. The molecule has 2 aromatic carbocycles. The van der Waals surface area contributed by atoms with Crippen molar-refractivity contribution >= 4 is 0 Å². The largest absolute Gasteiger partial charge is 0.308 e. The van der Waals surface area contributed by atoms with Crippen molar-refractivity contribution in [3.63, 3.8) is 0 Å². The van der Waals surface area contributed by atoms with Crippen molar-refractivity contribution in [3.8, 4) is 12.1 Å². The summed E-state index contributed by atoms with van der Waals surface area (Å²) >= 11 is 0. The van der Waals surface area contributed by atoms with Gasteiger partial charge in [-0.25, -0.2) is 0 Å². The maximum Gasteiger partial charge on any atom is 0.308 e. The highest BCUT2D eigenvalue weighted by Gasteiger charge is 2.52. The Morgan fingerprint density at radius 3 is 1.00 bits per heavy atom. The van der Waals surface area contributed by atoms with Crippen LogP contribution in [-0.2, 0) is 0 Å². The minimum Gasteiger partial charge on any atom is -0.265 e. The molecule has 4 heteroatoms. The lowest BCUT2D eigenvalue weighted by Crippen LogP contribution is -2.40. The van der Waals surface area contributed by atoms with Crippen LogP contribution in [0.25, 0.3) is 0 Å². The number of hydrogen-bond donors (Lipinski definition) is 2. The molecule has 0 unspecified atom stereocenters. The summed E-state index contributed by atoms with van der Waals surface area (Å²) in [6.45, 7) is 0. The van der Waals surface area contributed by atoms with E-state index in [1.165, 1.54) is 22.3 Å².